The highest BCUT2D eigenvalue weighted by atomic mass is 16.6. The summed E-state index contributed by atoms with van der Waals surface area (Å²) in [5.74, 6) is 0.525. The molecule has 8 nitrogen and oxygen atoms in total. The summed E-state index contributed by atoms with van der Waals surface area (Å²) >= 11 is 0. The van der Waals surface area contributed by atoms with E-state index in [0.717, 1.165) is 48.4 Å². The van der Waals surface area contributed by atoms with Crippen molar-refractivity contribution in [3.8, 4) is 11.3 Å². The third-order valence-electron chi connectivity index (χ3n) is 5.20. The quantitative estimate of drug-likeness (QED) is 0.553. The second-order valence-electron chi connectivity index (χ2n) is 7.25. The van der Waals surface area contributed by atoms with Crippen LogP contribution < -0.4 is 10.6 Å². The molecular weight excluding hydrogens is 368 g/mol. The van der Waals surface area contributed by atoms with Crippen molar-refractivity contribution >= 4 is 11.6 Å². The van der Waals surface area contributed by atoms with Crippen LogP contribution in [-0.2, 0) is 4.74 Å². The lowest BCUT2D eigenvalue weighted by atomic mass is 10.1. The summed E-state index contributed by atoms with van der Waals surface area (Å²) < 4.78 is 6.97. The fraction of sp³-hybridized carbons (Fsp3) is 0.381. The molecule has 0 saturated carbocycles. The number of aliphatic hydroxyl groups is 1. The Balaban J connectivity index is 1.52. The molecule has 1 unspecified atom stereocenters. The SMILES string of the molecule is COC(O)c1ccc(-c2nc(Nc3cnn(C4CCNCC4)c3)ncc2C)cc1. The molecule has 1 aliphatic heterocycles. The van der Waals surface area contributed by atoms with Crippen molar-refractivity contribution in [1.82, 2.24) is 25.1 Å². The molecule has 152 valence electrons. The van der Waals surface area contributed by atoms with Gasteiger partial charge in [0.1, 0.15) is 0 Å². The van der Waals surface area contributed by atoms with E-state index in [1.807, 2.05) is 48.3 Å². The summed E-state index contributed by atoms with van der Waals surface area (Å²) in [6.45, 7) is 4.03. The van der Waals surface area contributed by atoms with E-state index in [1.54, 1.807) is 6.20 Å². The number of hydrogen-bond donors (Lipinski definition) is 3. The molecule has 3 heterocycles. The van der Waals surface area contributed by atoms with Gasteiger partial charge in [0.05, 0.1) is 23.6 Å². The summed E-state index contributed by atoms with van der Waals surface area (Å²) in [4.78, 5) is 9.10. The number of anilines is 2. The molecule has 29 heavy (non-hydrogen) atoms. The molecule has 0 bridgehead atoms. The lowest BCUT2D eigenvalue weighted by molar-refractivity contribution is -0.0769. The van der Waals surface area contributed by atoms with Crippen LogP contribution in [0.15, 0.2) is 42.9 Å². The van der Waals surface area contributed by atoms with Gasteiger partial charge in [-0.05, 0) is 38.4 Å². The van der Waals surface area contributed by atoms with E-state index in [2.05, 4.69) is 20.7 Å². The van der Waals surface area contributed by atoms with E-state index in [-0.39, 0.29) is 0 Å². The summed E-state index contributed by atoms with van der Waals surface area (Å²) in [5, 5.41) is 20.9. The van der Waals surface area contributed by atoms with Crippen molar-refractivity contribution in [3.63, 3.8) is 0 Å². The Morgan fingerprint density at radius 1 is 1.21 bits per heavy atom. The first-order valence-electron chi connectivity index (χ1n) is 9.81. The summed E-state index contributed by atoms with van der Waals surface area (Å²) in [6.07, 6.45) is 6.87. The molecule has 1 atom stereocenters. The van der Waals surface area contributed by atoms with Crippen LogP contribution >= 0.6 is 0 Å². The van der Waals surface area contributed by atoms with Crippen molar-refractivity contribution in [1.29, 1.82) is 0 Å². The Hall–Kier alpha value is -2.81. The van der Waals surface area contributed by atoms with E-state index in [1.165, 1.54) is 7.11 Å². The summed E-state index contributed by atoms with van der Waals surface area (Å²) in [5.41, 5.74) is 4.33. The Bertz CT molecular complexity index is 950. The maximum absolute atomic E-state index is 9.78. The second kappa shape index (κ2) is 8.69. The first-order valence-corrected chi connectivity index (χ1v) is 9.81. The Morgan fingerprint density at radius 3 is 2.69 bits per heavy atom. The standard InChI is InChI=1S/C21H26N6O2/c1-14-11-23-21(25-17-12-24-27(13-17)18-7-9-22-10-8-18)26-19(14)15-3-5-16(6-4-15)20(28)29-2/h3-6,11-13,18,20,22,28H,7-10H2,1-2H3,(H,23,25,26). The van der Waals surface area contributed by atoms with Crippen molar-refractivity contribution in [2.24, 2.45) is 0 Å². The number of nitrogens with zero attached hydrogens (tertiary/aromatic N) is 4. The molecule has 0 amide bonds. The number of piperidine rings is 1. The molecule has 3 aromatic rings. The van der Waals surface area contributed by atoms with Gasteiger partial charge in [-0.25, -0.2) is 9.97 Å². The summed E-state index contributed by atoms with van der Waals surface area (Å²) in [6, 6.07) is 7.95. The minimum Gasteiger partial charge on any atom is -0.364 e. The zero-order valence-electron chi connectivity index (χ0n) is 16.7. The number of aromatic nitrogens is 4. The van der Waals surface area contributed by atoms with Crippen LogP contribution in [0.4, 0.5) is 11.6 Å². The van der Waals surface area contributed by atoms with Gasteiger partial charge >= 0.3 is 0 Å². The number of rotatable bonds is 6. The zero-order valence-corrected chi connectivity index (χ0v) is 16.7. The molecule has 1 aromatic carbocycles. The lowest BCUT2D eigenvalue weighted by Gasteiger charge is -2.22. The average Bonchev–Trinajstić information content (AvgIpc) is 3.24. The van der Waals surface area contributed by atoms with Crippen molar-refractivity contribution in [3.05, 3.63) is 54.0 Å². The number of aryl methyl sites for hydroxylation is 1. The molecule has 1 fully saturated rings. The van der Waals surface area contributed by atoms with Gasteiger partial charge in [0.25, 0.3) is 0 Å². The van der Waals surface area contributed by atoms with Crippen LogP contribution in [-0.4, -0.2) is 45.1 Å². The Morgan fingerprint density at radius 2 is 1.97 bits per heavy atom. The zero-order chi connectivity index (χ0) is 20.2. The summed E-state index contributed by atoms with van der Waals surface area (Å²) in [7, 11) is 1.47. The fourth-order valence-electron chi connectivity index (χ4n) is 3.54. The molecular formula is C21H26N6O2. The number of hydrogen-bond acceptors (Lipinski definition) is 7. The van der Waals surface area contributed by atoms with E-state index in [9.17, 15) is 5.11 Å². The maximum atomic E-state index is 9.78. The van der Waals surface area contributed by atoms with E-state index in [4.69, 9.17) is 9.72 Å². The van der Waals surface area contributed by atoms with Crippen LogP contribution in [0.5, 0.6) is 0 Å². The van der Waals surface area contributed by atoms with Gasteiger partial charge in [-0.3, -0.25) is 4.68 Å². The number of nitrogens with one attached hydrogen (secondary N) is 2. The predicted octanol–water partition coefficient (Wildman–Crippen LogP) is 2.95. The van der Waals surface area contributed by atoms with Crippen molar-refractivity contribution in [2.45, 2.75) is 32.1 Å². The van der Waals surface area contributed by atoms with Crippen LogP contribution in [0.3, 0.4) is 0 Å². The van der Waals surface area contributed by atoms with E-state index in [0.29, 0.717) is 17.6 Å². The van der Waals surface area contributed by atoms with E-state index >= 15 is 0 Å². The van der Waals surface area contributed by atoms with Crippen molar-refractivity contribution in [2.75, 3.05) is 25.5 Å². The van der Waals surface area contributed by atoms with Gasteiger partial charge in [-0.2, -0.15) is 5.10 Å². The molecule has 1 aliphatic rings. The predicted molar refractivity (Wildman–Crippen MR) is 111 cm³/mol. The van der Waals surface area contributed by atoms with Gasteiger partial charge in [-0.1, -0.05) is 24.3 Å². The first-order chi connectivity index (χ1) is 14.1. The third kappa shape index (κ3) is 4.45. The van der Waals surface area contributed by atoms with Gasteiger partial charge in [0, 0.05) is 30.6 Å². The van der Waals surface area contributed by atoms with Gasteiger partial charge in [-0.15, -0.1) is 0 Å². The highest BCUT2D eigenvalue weighted by molar-refractivity contribution is 5.65. The molecule has 8 heteroatoms. The molecule has 0 spiro atoms. The monoisotopic (exact) mass is 394 g/mol. The average molecular weight is 394 g/mol. The van der Waals surface area contributed by atoms with Crippen LogP contribution in [0.1, 0.15) is 36.3 Å². The van der Waals surface area contributed by atoms with Crippen LogP contribution in [0, 0.1) is 6.92 Å². The highest BCUT2D eigenvalue weighted by Crippen LogP contribution is 2.26. The smallest absolute Gasteiger partial charge is 0.227 e. The largest absolute Gasteiger partial charge is 0.364 e. The van der Waals surface area contributed by atoms with Gasteiger partial charge in [0.2, 0.25) is 5.95 Å². The number of benzene rings is 1. The van der Waals surface area contributed by atoms with Gasteiger partial charge in [0.15, 0.2) is 6.29 Å². The molecule has 0 radical (unpaired) electrons. The normalized spacial score (nSPS) is 16.0. The Labute approximate surface area is 170 Å². The fourth-order valence-corrected chi connectivity index (χ4v) is 3.54. The highest BCUT2D eigenvalue weighted by Gasteiger charge is 2.16. The lowest BCUT2D eigenvalue weighted by Crippen LogP contribution is -2.29. The van der Waals surface area contributed by atoms with Crippen molar-refractivity contribution < 1.29 is 9.84 Å². The number of ether oxygens (including phenoxy) is 1. The maximum Gasteiger partial charge on any atom is 0.227 e. The van der Waals surface area contributed by atoms with Gasteiger partial charge < -0.3 is 20.5 Å². The van der Waals surface area contributed by atoms with E-state index < -0.39 is 6.29 Å². The molecule has 0 aliphatic carbocycles. The third-order valence-corrected chi connectivity index (χ3v) is 5.20. The minimum atomic E-state index is -0.927. The van der Waals surface area contributed by atoms with Crippen LogP contribution in [0.25, 0.3) is 11.3 Å². The molecule has 3 N–H and O–H groups in total. The minimum absolute atomic E-state index is 0.433. The topological polar surface area (TPSA) is 97.1 Å². The number of aliphatic hydroxyl groups excluding tert-OH is 1. The first kappa shape index (κ1) is 19.5. The second-order valence-corrected chi connectivity index (χ2v) is 7.25. The molecule has 4 rings (SSSR count). The number of methoxy groups -OCH3 is 1. The Kier molecular flexibility index (Phi) is 5.84. The van der Waals surface area contributed by atoms with Crippen LogP contribution in [0.2, 0.25) is 0 Å². The molecule has 1 saturated heterocycles. The molecule has 2 aromatic heterocycles.